The fourth-order valence-corrected chi connectivity index (χ4v) is 0.955. The number of aliphatic carboxylic acids is 1. The highest BCUT2D eigenvalue weighted by atomic mass is 16.4. The van der Waals surface area contributed by atoms with Gasteiger partial charge in [0.2, 0.25) is 0 Å². The van der Waals surface area contributed by atoms with Gasteiger partial charge in [0.05, 0.1) is 5.41 Å². The molecule has 3 nitrogen and oxygen atoms in total. The van der Waals surface area contributed by atoms with E-state index in [0.717, 1.165) is 0 Å². The third-order valence-electron chi connectivity index (χ3n) is 1.89. The lowest BCUT2D eigenvalue weighted by atomic mass is 9.86. The van der Waals surface area contributed by atoms with Gasteiger partial charge in [0.15, 0.2) is 0 Å². The van der Waals surface area contributed by atoms with Crippen LogP contribution >= 0.6 is 0 Å². The van der Waals surface area contributed by atoms with Crippen molar-refractivity contribution in [3.63, 3.8) is 0 Å². The SMILES string of the molecule is CNC(C)CC(C)(C)C(=O)O. The van der Waals surface area contributed by atoms with Gasteiger partial charge in [-0.25, -0.2) is 0 Å². The summed E-state index contributed by atoms with van der Waals surface area (Å²) in [6.07, 6.45) is 0.652. The van der Waals surface area contributed by atoms with E-state index in [1.165, 1.54) is 0 Å². The van der Waals surface area contributed by atoms with Crippen LogP contribution < -0.4 is 5.32 Å². The topological polar surface area (TPSA) is 49.3 Å². The van der Waals surface area contributed by atoms with E-state index in [2.05, 4.69) is 5.32 Å². The smallest absolute Gasteiger partial charge is 0.309 e. The third kappa shape index (κ3) is 3.37. The van der Waals surface area contributed by atoms with E-state index < -0.39 is 11.4 Å². The van der Waals surface area contributed by atoms with Crippen molar-refractivity contribution in [2.24, 2.45) is 5.41 Å². The molecule has 0 aliphatic carbocycles. The van der Waals surface area contributed by atoms with Gasteiger partial charge in [-0.3, -0.25) is 4.79 Å². The Balaban J connectivity index is 4.01. The first kappa shape index (κ1) is 10.4. The standard InChI is InChI=1S/C8H17NO2/c1-6(9-4)5-8(2,3)7(10)11/h6,9H,5H2,1-4H3,(H,10,11). The first-order chi connectivity index (χ1) is 4.90. The minimum Gasteiger partial charge on any atom is -0.481 e. The number of carboxylic acids is 1. The minimum atomic E-state index is -0.736. The van der Waals surface area contributed by atoms with Gasteiger partial charge in [0.25, 0.3) is 0 Å². The quantitative estimate of drug-likeness (QED) is 0.645. The maximum Gasteiger partial charge on any atom is 0.309 e. The number of carbonyl (C=O) groups is 1. The molecule has 0 aliphatic heterocycles. The Morgan fingerprint density at radius 1 is 1.64 bits per heavy atom. The summed E-state index contributed by atoms with van der Waals surface area (Å²) in [5.74, 6) is -0.736. The molecule has 1 atom stereocenters. The lowest BCUT2D eigenvalue weighted by Crippen LogP contribution is -2.33. The summed E-state index contributed by atoms with van der Waals surface area (Å²) in [6.45, 7) is 5.46. The summed E-state index contributed by atoms with van der Waals surface area (Å²) in [4.78, 5) is 10.6. The average Bonchev–Trinajstić information content (AvgIpc) is 1.86. The van der Waals surface area contributed by atoms with Gasteiger partial charge in [0.1, 0.15) is 0 Å². The van der Waals surface area contributed by atoms with Gasteiger partial charge in [0, 0.05) is 6.04 Å². The van der Waals surface area contributed by atoms with E-state index in [1.807, 2.05) is 14.0 Å². The molecular weight excluding hydrogens is 142 g/mol. The Morgan fingerprint density at radius 3 is 2.36 bits per heavy atom. The summed E-state index contributed by atoms with van der Waals surface area (Å²) < 4.78 is 0. The lowest BCUT2D eigenvalue weighted by molar-refractivity contribution is -0.147. The molecule has 1 unspecified atom stereocenters. The summed E-state index contributed by atoms with van der Waals surface area (Å²) in [7, 11) is 1.84. The number of hydrogen-bond donors (Lipinski definition) is 2. The molecule has 0 aromatic carbocycles. The molecule has 0 heterocycles. The van der Waals surface area contributed by atoms with E-state index in [1.54, 1.807) is 13.8 Å². The van der Waals surface area contributed by atoms with Crippen LogP contribution in [0, 0.1) is 5.41 Å². The maximum atomic E-state index is 10.6. The molecule has 0 rings (SSSR count). The second-order valence-corrected chi connectivity index (χ2v) is 3.58. The minimum absolute atomic E-state index is 0.251. The van der Waals surface area contributed by atoms with Crippen LogP contribution in [0.15, 0.2) is 0 Å². The van der Waals surface area contributed by atoms with Crippen molar-refractivity contribution in [2.75, 3.05) is 7.05 Å². The number of carboxylic acid groups (broad SMARTS) is 1. The maximum absolute atomic E-state index is 10.6. The van der Waals surface area contributed by atoms with Crippen LogP contribution in [0.2, 0.25) is 0 Å². The molecule has 0 aromatic heterocycles. The summed E-state index contributed by atoms with van der Waals surface area (Å²) >= 11 is 0. The molecule has 0 saturated carbocycles. The normalized spacial score (nSPS) is 14.5. The highest BCUT2D eigenvalue weighted by molar-refractivity contribution is 5.73. The third-order valence-corrected chi connectivity index (χ3v) is 1.89. The molecule has 2 N–H and O–H groups in total. The number of rotatable bonds is 4. The van der Waals surface area contributed by atoms with Crippen LogP contribution in [0.25, 0.3) is 0 Å². The molecule has 0 spiro atoms. The molecule has 0 bridgehead atoms. The van der Waals surface area contributed by atoms with Crippen molar-refractivity contribution in [2.45, 2.75) is 33.2 Å². The summed E-state index contributed by atoms with van der Waals surface area (Å²) in [5.41, 5.74) is -0.623. The molecule has 66 valence electrons. The van der Waals surface area contributed by atoms with Crippen LogP contribution in [-0.2, 0) is 4.79 Å². The zero-order valence-electron chi connectivity index (χ0n) is 7.64. The van der Waals surface area contributed by atoms with Crippen molar-refractivity contribution in [1.29, 1.82) is 0 Å². The molecule has 11 heavy (non-hydrogen) atoms. The highest BCUT2D eigenvalue weighted by Crippen LogP contribution is 2.21. The van der Waals surface area contributed by atoms with Gasteiger partial charge < -0.3 is 10.4 Å². The Morgan fingerprint density at radius 2 is 2.09 bits per heavy atom. The first-order valence-corrected chi connectivity index (χ1v) is 3.81. The Kier molecular flexibility index (Phi) is 3.52. The molecule has 0 saturated heterocycles. The summed E-state index contributed by atoms with van der Waals surface area (Å²) in [6, 6.07) is 0.251. The van der Waals surface area contributed by atoms with Gasteiger partial charge in [-0.15, -0.1) is 0 Å². The van der Waals surface area contributed by atoms with Gasteiger partial charge in [-0.1, -0.05) is 0 Å². The predicted octanol–water partition coefficient (Wildman–Crippen LogP) is 1.10. The van der Waals surface area contributed by atoms with Gasteiger partial charge in [-0.2, -0.15) is 0 Å². The van der Waals surface area contributed by atoms with E-state index in [9.17, 15) is 4.79 Å². The Hall–Kier alpha value is -0.570. The van der Waals surface area contributed by atoms with Crippen molar-refractivity contribution in [1.82, 2.24) is 5.32 Å². The van der Waals surface area contributed by atoms with Crippen LogP contribution in [0.3, 0.4) is 0 Å². The van der Waals surface area contributed by atoms with E-state index in [4.69, 9.17) is 5.11 Å². The predicted molar refractivity (Wildman–Crippen MR) is 44.6 cm³/mol. The van der Waals surface area contributed by atoms with E-state index >= 15 is 0 Å². The lowest BCUT2D eigenvalue weighted by Gasteiger charge is -2.22. The molecule has 0 aromatic rings. The molecular formula is C8H17NO2. The van der Waals surface area contributed by atoms with E-state index in [-0.39, 0.29) is 6.04 Å². The molecule has 0 fully saturated rings. The number of nitrogens with one attached hydrogen (secondary N) is 1. The second kappa shape index (κ2) is 3.72. The zero-order valence-corrected chi connectivity index (χ0v) is 7.64. The summed E-state index contributed by atoms with van der Waals surface area (Å²) in [5, 5.41) is 11.8. The van der Waals surface area contributed by atoms with Crippen molar-refractivity contribution in [3.8, 4) is 0 Å². The zero-order chi connectivity index (χ0) is 9.07. The highest BCUT2D eigenvalue weighted by Gasteiger charge is 2.28. The van der Waals surface area contributed by atoms with Crippen LogP contribution in [0.4, 0.5) is 0 Å². The van der Waals surface area contributed by atoms with E-state index in [0.29, 0.717) is 6.42 Å². The fourth-order valence-electron chi connectivity index (χ4n) is 0.955. The molecule has 0 radical (unpaired) electrons. The first-order valence-electron chi connectivity index (χ1n) is 3.81. The second-order valence-electron chi connectivity index (χ2n) is 3.58. The van der Waals surface area contributed by atoms with Gasteiger partial charge >= 0.3 is 5.97 Å². The van der Waals surface area contributed by atoms with Crippen molar-refractivity contribution < 1.29 is 9.90 Å². The monoisotopic (exact) mass is 159 g/mol. The largest absolute Gasteiger partial charge is 0.481 e. The molecule has 0 aliphatic rings. The molecule has 0 amide bonds. The van der Waals surface area contributed by atoms with Crippen molar-refractivity contribution in [3.05, 3.63) is 0 Å². The fraction of sp³-hybridized carbons (Fsp3) is 0.875. The van der Waals surface area contributed by atoms with Crippen molar-refractivity contribution >= 4 is 5.97 Å². The van der Waals surface area contributed by atoms with Crippen LogP contribution in [0.1, 0.15) is 27.2 Å². The Labute approximate surface area is 67.8 Å². The van der Waals surface area contributed by atoms with Crippen LogP contribution in [-0.4, -0.2) is 24.2 Å². The van der Waals surface area contributed by atoms with Gasteiger partial charge in [-0.05, 0) is 34.2 Å². The molecule has 3 heteroatoms. The van der Waals surface area contributed by atoms with Crippen LogP contribution in [0.5, 0.6) is 0 Å². The average molecular weight is 159 g/mol. The Bertz CT molecular complexity index is 143. The number of hydrogen-bond acceptors (Lipinski definition) is 2.